The number of Topliss-reactive ketones (excluding diaryl/α,β-unsaturated/α-hetero) is 2. The minimum absolute atomic E-state index is 0.0463. The summed E-state index contributed by atoms with van der Waals surface area (Å²) in [5.74, 6) is 0.467. The molecule has 5 heteroatoms. The van der Waals surface area contributed by atoms with Crippen LogP contribution < -0.4 is 0 Å². The van der Waals surface area contributed by atoms with E-state index in [0.29, 0.717) is 18.7 Å². The van der Waals surface area contributed by atoms with Crippen LogP contribution in [0.4, 0.5) is 0 Å². The highest BCUT2D eigenvalue weighted by molar-refractivity contribution is 5.82. The molecular formula is C14H26N2O3. The number of likely N-dealkylation sites (N-methyl/N-ethyl adjacent to an activating group) is 2. The first kappa shape index (κ1) is 16.3. The van der Waals surface area contributed by atoms with Gasteiger partial charge >= 0.3 is 0 Å². The van der Waals surface area contributed by atoms with Gasteiger partial charge in [-0.05, 0) is 53.8 Å². The van der Waals surface area contributed by atoms with Gasteiger partial charge in [0.1, 0.15) is 11.6 Å². The van der Waals surface area contributed by atoms with Crippen LogP contribution in [0.1, 0.15) is 33.1 Å². The maximum Gasteiger partial charge on any atom is 0.146 e. The van der Waals surface area contributed by atoms with Crippen molar-refractivity contribution < 1.29 is 14.7 Å². The molecule has 0 amide bonds. The number of likely N-dealkylation sites (tertiary alicyclic amines) is 2. The van der Waals surface area contributed by atoms with Gasteiger partial charge in [0.2, 0.25) is 0 Å². The lowest BCUT2D eigenvalue weighted by molar-refractivity contribution is -0.121. The Kier molecular flexibility index (Phi) is 6.10. The summed E-state index contributed by atoms with van der Waals surface area (Å²) in [6.45, 7) is 4.96. The zero-order valence-corrected chi connectivity index (χ0v) is 12.4. The molecule has 2 fully saturated rings. The predicted octanol–water partition coefficient (Wildman–Crippen LogP) is 0.310. The van der Waals surface area contributed by atoms with E-state index in [1.54, 1.807) is 13.8 Å². The van der Waals surface area contributed by atoms with Gasteiger partial charge in [-0.3, -0.25) is 19.4 Å². The largest absolute Gasteiger partial charge is 0.392 e. The van der Waals surface area contributed by atoms with Crippen LogP contribution in [0.3, 0.4) is 0 Å². The first-order chi connectivity index (χ1) is 8.82. The SMILES string of the molecule is CC(=O)C1CC(O)CN1C.CC(=O)C1CCCN1C. The van der Waals surface area contributed by atoms with Gasteiger partial charge in [-0.1, -0.05) is 0 Å². The maximum absolute atomic E-state index is 10.8. The summed E-state index contributed by atoms with van der Waals surface area (Å²) >= 11 is 0. The molecule has 0 radical (unpaired) electrons. The molecule has 19 heavy (non-hydrogen) atoms. The lowest BCUT2D eigenvalue weighted by Gasteiger charge is -2.14. The number of rotatable bonds is 2. The summed E-state index contributed by atoms with van der Waals surface area (Å²) in [5, 5.41) is 9.12. The molecule has 0 aromatic rings. The first-order valence-electron chi connectivity index (χ1n) is 6.92. The van der Waals surface area contributed by atoms with Crippen LogP contribution in [-0.4, -0.2) is 71.8 Å². The summed E-state index contributed by atoms with van der Waals surface area (Å²) in [5.41, 5.74) is 0. The molecule has 2 saturated heterocycles. The third kappa shape index (κ3) is 4.67. The fourth-order valence-corrected chi connectivity index (χ4v) is 2.87. The van der Waals surface area contributed by atoms with Crippen molar-refractivity contribution in [1.29, 1.82) is 0 Å². The Hall–Kier alpha value is -0.780. The van der Waals surface area contributed by atoms with E-state index in [4.69, 9.17) is 5.11 Å². The third-order valence-electron chi connectivity index (χ3n) is 3.99. The second kappa shape index (κ2) is 7.12. The highest BCUT2D eigenvalue weighted by Crippen LogP contribution is 2.16. The summed E-state index contributed by atoms with van der Waals surface area (Å²) in [7, 11) is 3.88. The van der Waals surface area contributed by atoms with Gasteiger partial charge in [-0.2, -0.15) is 0 Å². The number of hydrogen-bond acceptors (Lipinski definition) is 5. The zero-order valence-electron chi connectivity index (χ0n) is 12.4. The maximum atomic E-state index is 10.8. The molecule has 0 aromatic carbocycles. The molecule has 1 N–H and O–H groups in total. The second-order valence-electron chi connectivity index (χ2n) is 5.70. The van der Waals surface area contributed by atoms with Crippen molar-refractivity contribution in [3.05, 3.63) is 0 Å². The van der Waals surface area contributed by atoms with Gasteiger partial charge in [-0.25, -0.2) is 0 Å². The van der Waals surface area contributed by atoms with E-state index >= 15 is 0 Å². The molecule has 3 atom stereocenters. The van der Waals surface area contributed by atoms with E-state index in [1.807, 2.05) is 19.0 Å². The summed E-state index contributed by atoms with van der Waals surface area (Å²) < 4.78 is 0. The number of hydrogen-bond donors (Lipinski definition) is 1. The van der Waals surface area contributed by atoms with Crippen LogP contribution in [0, 0.1) is 0 Å². The number of nitrogens with zero attached hydrogens (tertiary/aromatic N) is 2. The molecule has 5 nitrogen and oxygen atoms in total. The van der Waals surface area contributed by atoms with Crippen molar-refractivity contribution in [3.63, 3.8) is 0 Å². The molecule has 0 saturated carbocycles. The monoisotopic (exact) mass is 270 g/mol. The van der Waals surface area contributed by atoms with Crippen LogP contribution in [0.2, 0.25) is 0 Å². The molecule has 0 aliphatic carbocycles. The fraction of sp³-hybridized carbons (Fsp3) is 0.857. The number of carbonyl (C=O) groups excluding carboxylic acids is 2. The van der Waals surface area contributed by atoms with Crippen molar-refractivity contribution >= 4 is 11.6 Å². The average Bonchev–Trinajstić information content (AvgIpc) is 2.85. The molecule has 0 bridgehead atoms. The Bertz CT molecular complexity index is 333. The van der Waals surface area contributed by atoms with Gasteiger partial charge in [0.05, 0.1) is 18.2 Å². The normalized spacial score (nSPS) is 31.9. The van der Waals surface area contributed by atoms with Crippen LogP contribution in [0.25, 0.3) is 0 Å². The third-order valence-corrected chi connectivity index (χ3v) is 3.99. The van der Waals surface area contributed by atoms with Crippen LogP contribution in [0.15, 0.2) is 0 Å². The molecular weight excluding hydrogens is 244 g/mol. The Morgan fingerprint density at radius 1 is 1.05 bits per heavy atom. The second-order valence-corrected chi connectivity index (χ2v) is 5.70. The van der Waals surface area contributed by atoms with Gasteiger partial charge in [0.25, 0.3) is 0 Å². The molecule has 2 rings (SSSR count). The molecule has 2 heterocycles. The molecule has 0 spiro atoms. The fourth-order valence-electron chi connectivity index (χ4n) is 2.87. The van der Waals surface area contributed by atoms with Crippen LogP contribution in [-0.2, 0) is 9.59 Å². The van der Waals surface area contributed by atoms with E-state index in [2.05, 4.69) is 4.90 Å². The number of β-amino-alcohol motifs (C(OH)–C–C–N with tert-alkyl or cyclic N) is 1. The van der Waals surface area contributed by atoms with E-state index in [9.17, 15) is 9.59 Å². The summed E-state index contributed by atoms with van der Waals surface area (Å²) in [4.78, 5) is 25.7. The Morgan fingerprint density at radius 3 is 1.84 bits per heavy atom. The minimum atomic E-state index is -0.307. The van der Waals surface area contributed by atoms with E-state index in [1.165, 1.54) is 6.42 Å². The number of aliphatic hydroxyl groups excluding tert-OH is 1. The summed E-state index contributed by atoms with van der Waals surface area (Å²) in [6, 6.07) is 0.181. The minimum Gasteiger partial charge on any atom is -0.392 e. The van der Waals surface area contributed by atoms with E-state index < -0.39 is 0 Å². The number of carbonyl (C=O) groups is 2. The quantitative estimate of drug-likeness (QED) is 0.782. The Labute approximate surface area is 115 Å². The highest BCUT2D eigenvalue weighted by atomic mass is 16.3. The van der Waals surface area contributed by atoms with Gasteiger partial charge < -0.3 is 5.11 Å². The van der Waals surface area contributed by atoms with Gasteiger partial charge in [-0.15, -0.1) is 0 Å². The van der Waals surface area contributed by atoms with Crippen molar-refractivity contribution in [1.82, 2.24) is 9.80 Å². The van der Waals surface area contributed by atoms with Gasteiger partial charge in [0, 0.05) is 6.54 Å². The number of ketones is 2. The Morgan fingerprint density at radius 2 is 1.63 bits per heavy atom. The molecule has 2 aliphatic heterocycles. The highest BCUT2D eigenvalue weighted by Gasteiger charge is 2.30. The standard InChI is InChI=1S/C7H13NO2.C7H13NO/c1-5(9)7-3-6(10)4-8(7)2;1-6(9)7-4-3-5-8(7)2/h6-7,10H,3-4H2,1-2H3;7H,3-5H2,1-2H3. The molecule has 3 unspecified atom stereocenters. The summed E-state index contributed by atoms with van der Waals surface area (Å²) in [6.07, 6.45) is 2.54. The van der Waals surface area contributed by atoms with E-state index in [0.717, 1.165) is 13.0 Å². The van der Waals surface area contributed by atoms with Crippen molar-refractivity contribution in [2.45, 2.75) is 51.3 Å². The number of aliphatic hydroxyl groups is 1. The van der Waals surface area contributed by atoms with Crippen molar-refractivity contribution in [3.8, 4) is 0 Å². The zero-order chi connectivity index (χ0) is 14.6. The Balaban J connectivity index is 0.000000191. The molecule has 2 aliphatic rings. The van der Waals surface area contributed by atoms with Gasteiger partial charge in [0.15, 0.2) is 0 Å². The van der Waals surface area contributed by atoms with Crippen LogP contribution in [0.5, 0.6) is 0 Å². The average molecular weight is 270 g/mol. The lowest BCUT2D eigenvalue weighted by Crippen LogP contribution is -2.30. The van der Waals surface area contributed by atoms with Crippen LogP contribution >= 0.6 is 0 Å². The van der Waals surface area contributed by atoms with Crippen molar-refractivity contribution in [2.75, 3.05) is 27.2 Å². The molecule has 110 valence electrons. The topological polar surface area (TPSA) is 60.9 Å². The predicted molar refractivity (Wildman–Crippen MR) is 74.1 cm³/mol. The smallest absolute Gasteiger partial charge is 0.146 e. The molecule has 0 aromatic heterocycles. The first-order valence-corrected chi connectivity index (χ1v) is 6.92. The van der Waals surface area contributed by atoms with E-state index in [-0.39, 0.29) is 24.0 Å². The lowest BCUT2D eigenvalue weighted by atomic mass is 10.1. The van der Waals surface area contributed by atoms with Crippen molar-refractivity contribution in [2.24, 2.45) is 0 Å².